The molecule has 1 aromatic heterocycles. The molecule has 36 heavy (non-hydrogen) atoms. The van der Waals surface area contributed by atoms with Crippen LogP contribution >= 0.6 is 0 Å². The summed E-state index contributed by atoms with van der Waals surface area (Å²) in [6, 6.07) is 10.4. The van der Waals surface area contributed by atoms with Crippen molar-refractivity contribution in [2.24, 2.45) is 11.3 Å². The first-order chi connectivity index (χ1) is 17.2. The number of nitrogens with one attached hydrogen (secondary N) is 2. The Labute approximate surface area is 216 Å². The standard InChI is InChI=1S/C30H43N3O3/c1-8-36-29(34)27-24(30(4,5)6)26(25(33-27)23-12-10-9-11-22(23)18(2)3)31-17-21-15-20(19-13-14-19)16-32-28(21)35-7/h9-12,15-16,18-19,24-27,31,33H,8,13-14,17H2,1-7H3/t24-,25-,26-,27-/m0/s1. The fraction of sp³-hybridized carbons (Fsp3) is 0.600. The third kappa shape index (κ3) is 5.60. The lowest BCUT2D eigenvalue weighted by Gasteiger charge is -2.36. The highest BCUT2D eigenvalue weighted by Crippen LogP contribution is 2.44. The molecule has 4 atom stereocenters. The summed E-state index contributed by atoms with van der Waals surface area (Å²) in [5.41, 5.74) is 4.75. The van der Waals surface area contributed by atoms with Crippen molar-refractivity contribution in [3.63, 3.8) is 0 Å². The fourth-order valence-electron chi connectivity index (χ4n) is 5.84. The van der Waals surface area contributed by atoms with E-state index in [0.717, 1.165) is 5.56 Å². The van der Waals surface area contributed by atoms with Crippen LogP contribution in [0, 0.1) is 11.3 Å². The molecule has 1 aromatic carbocycles. The maximum absolute atomic E-state index is 13.2. The third-order valence-corrected chi connectivity index (χ3v) is 7.67. The largest absolute Gasteiger partial charge is 0.481 e. The van der Waals surface area contributed by atoms with Crippen molar-refractivity contribution < 1.29 is 14.3 Å². The molecule has 1 aliphatic carbocycles. The second-order valence-electron chi connectivity index (χ2n) is 11.7. The van der Waals surface area contributed by atoms with Crippen molar-refractivity contribution in [1.29, 1.82) is 0 Å². The van der Waals surface area contributed by atoms with Crippen LogP contribution in [0.4, 0.5) is 0 Å². The monoisotopic (exact) mass is 493 g/mol. The van der Waals surface area contributed by atoms with Gasteiger partial charge in [0.1, 0.15) is 6.04 Å². The van der Waals surface area contributed by atoms with Crippen LogP contribution in [0.2, 0.25) is 0 Å². The number of pyridine rings is 1. The van der Waals surface area contributed by atoms with Crippen molar-refractivity contribution in [3.8, 4) is 5.88 Å². The predicted molar refractivity (Wildman–Crippen MR) is 143 cm³/mol. The number of nitrogens with zero attached hydrogens (tertiary/aromatic N) is 1. The number of hydrogen-bond donors (Lipinski definition) is 2. The molecule has 1 aliphatic heterocycles. The number of aromatic nitrogens is 1. The lowest BCUT2D eigenvalue weighted by molar-refractivity contribution is -0.147. The van der Waals surface area contributed by atoms with E-state index < -0.39 is 6.04 Å². The molecule has 0 spiro atoms. The third-order valence-electron chi connectivity index (χ3n) is 7.67. The predicted octanol–water partition coefficient (Wildman–Crippen LogP) is 5.49. The van der Waals surface area contributed by atoms with E-state index in [4.69, 9.17) is 9.47 Å². The molecule has 2 aliphatic rings. The number of rotatable bonds is 9. The van der Waals surface area contributed by atoms with E-state index in [1.807, 2.05) is 13.1 Å². The summed E-state index contributed by atoms with van der Waals surface area (Å²) in [7, 11) is 1.68. The highest BCUT2D eigenvalue weighted by molar-refractivity contribution is 5.77. The molecule has 6 nitrogen and oxygen atoms in total. The summed E-state index contributed by atoms with van der Waals surface area (Å²) in [6.07, 6.45) is 4.41. The van der Waals surface area contributed by atoms with Crippen LogP contribution in [0.1, 0.15) is 94.5 Å². The number of esters is 1. The number of carbonyl (C=O) groups is 1. The van der Waals surface area contributed by atoms with Gasteiger partial charge >= 0.3 is 5.97 Å². The summed E-state index contributed by atoms with van der Waals surface area (Å²) in [4.78, 5) is 17.8. The van der Waals surface area contributed by atoms with E-state index in [1.54, 1.807) is 7.11 Å². The molecular weight excluding hydrogens is 450 g/mol. The molecule has 196 valence electrons. The maximum atomic E-state index is 13.2. The Morgan fingerprint density at radius 2 is 1.94 bits per heavy atom. The molecular formula is C30H43N3O3. The summed E-state index contributed by atoms with van der Waals surface area (Å²) in [5, 5.41) is 7.58. The van der Waals surface area contributed by atoms with Gasteiger partial charge in [-0.25, -0.2) is 4.98 Å². The Bertz CT molecular complexity index is 1060. The molecule has 6 heteroatoms. The van der Waals surface area contributed by atoms with Crippen LogP contribution in [0.3, 0.4) is 0 Å². The van der Waals surface area contributed by atoms with Gasteiger partial charge in [-0.15, -0.1) is 0 Å². The van der Waals surface area contributed by atoms with Crippen molar-refractivity contribution in [1.82, 2.24) is 15.6 Å². The fourth-order valence-corrected chi connectivity index (χ4v) is 5.84. The Morgan fingerprint density at radius 3 is 2.56 bits per heavy atom. The molecule has 2 aromatic rings. The Balaban J connectivity index is 1.72. The minimum Gasteiger partial charge on any atom is -0.481 e. The van der Waals surface area contributed by atoms with Gasteiger partial charge in [0, 0.05) is 36.3 Å². The molecule has 0 radical (unpaired) electrons. The van der Waals surface area contributed by atoms with E-state index in [1.165, 1.54) is 29.5 Å². The first-order valence-electron chi connectivity index (χ1n) is 13.4. The minimum absolute atomic E-state index is 0.00796. The van der Waals surface area contributed by atoms with Crippen LogP contribution in [0.5, 0.6) is 5.88 Å². The van der Waals surface area contributed by atoms with Crippen LogP contribution in [0.25, 0.3) is 0 Å². The first kappa shape index (κ1) is 26.6. The van der Waals surface area contributed by atoms with Crippen LogP contribution < -0.4 is 15.4 Å². The van der Waals surface area contributed by atoms with Gasteiger partial charge in [-0.05, 0) is 59.8 Å². The zero-order valence-corrected chi connectivity index (χ0v) is 22.9. The van der Waals surface area contributed by atoms with Gasteiger partial charge in [0.25, 0.3) is 0 Å². The lowest BCUT2D eigenvalue weighted by Crippen LogP contribution is -2.47. The number of benzene rings is 1. The molecule has 2 heterocycles. The van der Waals surface area contributed by atoms with Gasteiger partial charge in [0.15, 0.2) is 0 Å². The molecule has 4 rings (SSSR count). The van der Waals surface area contributed by atoms with Gasteiger partial charge in [0.2, 0.25) is 5.88 Å². The number of ether oxygens (including phenoxy) is 2. The smallest absolute Gasteiger partial charge is 0.323 e. The van der Waals surface area contributed by atoms with E-state index in [-0.39, 0.29) is 29.4 Å². The summed E-state index contributed by atoms with van der Waals surface area (Å²) in [6.45, 7) is 13.9. The van der Waals surface area contributed by atoms with Gasteiger partial charge in [0.05, 0.1) is 13.7 Å². The van der Waals surface area contributed by atoms with Gasteiger partial charge in [-0.1, -0.05) is 58.9 Å². The molecule has 1 saturated carbocycles. The van der Waals surface area contributed by atoms with E-state index >= 15 is 0 Å². The summed E-state index contributed by atoms with van der Waals surface area (Å²) < 4.78 is 11.2. The first-order valence-corrected chi connectivity index (χ1v) is 13.4. The second-order valence-corrected chi connectivity index (χ2v) is 11.7. The molecule has 0 amide bonds. The average Bonchev–Trinajstić information content (AvgIpc) is 3.61. The normalized spacial score (nSPS) is 24.2. The Morgan fingerprint density at radius 1 is 1.22 bits per heavy atom. The van der Waals surface area contributed by atoms with E-state index in [0.29, 0.717) is 30.9 Å². The van der Waals surface area contributed by atoms with Crippen LogP contribution in [0.15, 0.2) is 36.5 Å². The van der Waals surface area contributed by atoms with E-state index in [2.05, 4.69) is 80.6 Å². The number of carbonyl (C=O) groups excluding carboxylic acids is 1. The molecule has 0 bridgehead atoms. The van der Waals surface area contributed by atoms with Crippen molar-refractivity contribution in [3.05, 3.63) is 58.8 Å². The Hall–Kier alpha value is -2.44. The molecule has 0 unspecified atom stereocenters. The van der Waals surface area contributed by atoms with Gasteiger partial charge in [-0.2, -0.15) is 0 Å². The highest BCUT2D eigenvalue weighted by Gasteiger charge is 2.52. The maximum Gasteiger partial charge on any atom is 0.323 e. The van der Waals surface area contributed by atoms with Crippen molar-refractivity contribution >= 4 is 5.97 Å². The number of methoxy groups -OCH3 is 1. The van der Waals surface area contributed by atoms with Crippen molar-refractivity contribution in [2.45, 2.75) is 90.9 Å². The van der Waals surface area contributed by atoms with Gasteiger partial charge < -0.3 is 14.8 Å². The quantitative estimate of drug-likeness (QED) is 0.450. The zero-order valence-electron chi connectivity index (χ0n) is 22.9. The van der Waals surface area contributed by atoms with E-state index in [9.17, 15) is 4.79 Å². The number of hydrogen-bond acceptors (Lipinski definition) is 6. The zero-order chi connectivity index (χ0) is 26.0. The topological polar surface area (TPSA) is 72.5 Å². The average molecular weight is 494 g/mol. The van der Waals surface area contributed by atoms with Gasteiger partial charge in [-0.3, -0.25) is 10.1 Å². The molecule has 2 fully saturated rings. The summed E-state index contributed by atoms with van der Waals surface area (Å²) in [5.74, 6) is 1.50. The SMILES string of the molecule is CCOC(=O)[C@H]1N[C@@H](c2ccccc2C(C)C)[C@@H](NCc2cc(C3CC3)cnc2OC)[C@@H]1C(C)(C)C. The minimum atomic E-state index is -0.398. The summed E-state index contributed by atoms with van der Waals surface area (Å²) >= 11 is 0. The molecule has 2 N–H and O–H groups in total. The van der Waals surface area contributed by atoms with Crippen LogP contribution in [-0.2, 0) is 16.1 Å². The Kier molecular flexibility index (Phi) is 8.06. The highest BCUT2D eigenvalue weighted by atomic mass is 16.5. The van der Waals surface area contributed by atoms with Crippen molar-refractivity contribution in [2.75, 3.05) is 13.7 Å². The second kappa shape index (κ2) is 10.9. The lowest BCUT2D eigenvalue weighted by atomic mass is 9.72. The van der Waals surface area contributed by atoms with Crippen LogP contribution in [-0.4, -0.2) is 36.8 Å². The molecule has 1 saturated heterocycles.